The van der Waals surface area contributed by atoms with Gasteiger partial charge in [0.15, 0.2) is 0 Å². The molecular formula is C11H9ClINO2. The second-order valence-electron chi connectivity index (χ2n) is 3.61. The van der Waals surface area contributed by atoms with Gasteiger partial charge in [0.05, 0.1) is 17.1 Å². The van der Waals surface area contributed by atoms with Crippen LogP contribution in [0.2, 0.25) is 5.02 Å². The summed E-state index contributed by atoms with van der Waals surface area (Å²) in [7, 11) is 0. The van der Waals surface area contributed by atoms with E-state index in [9.17, 15) is 9.59 Å². The molecule has 0 saturated carbocycles. The smallest absolute Gasteiger partial charge is 0.234 e. The quantitative estimate of drug-likeness (QED) is 0.577. The third-order valence-electron chi connectivity index (χ3n) is 2.46. The molecule has 1 aromatic rings. The van der Waals surface area contributed by atoms with Crippen LogP contribution in [0, 0.1) is 3.57 Å². The van der Waals surface area contributed by atoms with Crippen LogP contribution in [0.4, 0.5) is 5.69 Å². The first kappa shape index (κ1) is 11.9. The van der Waals surface area contributed by atoms with Gasteiger partial charge in [0.2, 0.25) is 5.91 Å². The van der Waals surface area contributed by atoms with Crippen molar-refractivity contribution in [3.63, 3.8) is 0 Å². The molecule has 1 aliphatic heterocycles. The summed E-state index contributed by atoms with van der Waals surface area (Å²) in [6, 6.07) is 5.52. The molecule has 0 N–H and O–H groups in total. The zero-order valence-electron chi connectivity index (χ0n) is 8.37. The minimum Gasteiger partial charge on any atom is -0.310 e. The molecule has 0 radical (unpaired) electrons. The molecule has 0 aliphatic carbocycles. The van der Waals surface area contributed by atoms with Crippen molar-refractivity contribution >= 4 is 51.6 Å². The molecule has 84 valence electrons. The van der Waals surface area contributed by atoms with Crippen molar-refractivity contribution in [1.82, 2.24) is 0 Å². The fourth-order valence-electron chi connectivity index (χ4n) is 1.67. The number of anilines is 1. The predicted octanol–water partition coefficient (Wildman–Crippen LogP) is 2.64. The summed E-state index contributed by atoms with van der Waals surface area (Å²) >= 11 is 8.24. The molecule has 0 aromatic heterocycles. The molecule has 2 rings (SSSR count). The van der Waals surface area contributed by atoms with Crippen LogP contribution in [-0.4, -0.2) is 18.2 Å². The zero-order valence-corrected chi connectivity index (χ0v) is 11.3. The van der Waals surface area contributed by atoms with Gasteiger partial charge in [0.1, 0.15) is 5.78 Å². The van der Waals surface area contributed by atoms with E-state index >= 15 is 0 Å². The van der Waals surface area contributed by atoms with Gasteiger partial charge in [-0.25, -0.2) is 0 Å². The third-order valence-corrected chi connectivity index (χ3v) is 3.44. The molecule has 0 bridgehead atoms. The van der Waals surface area contributed by atoms with Crippen molar-refractivity contribution in [2.45, 2.75) is 12.8 Å². The van der Waals surface area contributed by atoms with Crippen LogP contribution in [0.1, 0.15) is 12.8 Å². The van der Waals surface area contributed by atoms with Crippen LogP contribution in [0.15, 0.2) is 18.2 Å². The Morgan fingerprint density at radius 3 is 2.69 bits per heavy atom. The zero-order chi connectivity index (χ0) is 11.7. The van der Waals surface area contributed by atoms with Crippen LogP contribution in [0.25, 0.3) is 0 Å². The Bertz CT molecular complexity index is 461. The maximum absolute atomic E-state index is 11.7. The first-order valence-electron chi connectivity index (χ1n) is 4.85. The van der Waals surface area contributed by atoms with Gasteiger partial charge < -0.3 is 4.90 Å². The number of benzene rings is 1. The van der Waals surface area contributed by atoms with Gasteiger partial charge in [-0.15, -0.1) is 0 Å². The minimum absolute atomic E-state index is 0.00267. The highest BCUT2D eigenvalue weighted by Gasteiger charge is 2.26. The number of hydrogen-bond acceptors (Lipinski definition) is 2. The van der Waals surface area contributed by atoms with Gasteiger partial charge in [-0.1, -0.05) is 11.6 Å². The second kappa shape index (κ2) is 4.71. The highest BCUT2D eigenvalue weighted by atomic mass is 127. The molecule has 0 atom stereocenters. The fourth-order valence-corrected chi connectivity index (χ4v) is 2.63. The summed E-state index contributed by atoms with van der Waals surface area (Å²) in [5.41, 5.74) is 0.694. The van der Waals surface area contributed by atoms with Gasteiger partial charge >= 0.3 is 0 Å². The molecule has 1 aliphatic rings. The number of amides is 1. The number of rotatable bonds is 1. The van der Waals surface area contributed by atoms with Gasteiger partial charge in [-0.05, 0) is 40.8 Å². The van der Waals surface area contributed by atoms with Crippen LogP contribution in [0.5, 0.6) is 0 Å². The van der Waals surface area contributed by atoms with E-state index in [1.165, 1.54) is 0 Å². The Kier molecular flexibility index (Phi) is 3.49. The molecule has 0 unspecified atom stereocenters. The Morgan fingerprint density at radius 1 is 1.31 bits per heavy atom. The summed E-state index contributed by atoms with van der Waals surface area (Å²) in [5.74, 6) is -0.165. The number of carbonyl (C=O) groups excluding carboxylic acids is 2. The molecular weight excluding hydrogens is 340 g/mol. The van der Waals surface area contributed by atoms with Crippen LogP contribution in [-0.2, 0) is 9.59 Å². The van der Waals surface area contributed by atoms with Crippen molar-refractivity contribution in [3.05, 3.63) is 26.8 Å². The standard InChI is InChI=1S/C11H9ClINO2/c12-9-5-7(13)1-2-10(9)14-4-3-8(15)6-11(14)16/h1-2,5H,3-4,6H2. The van der Waals surface area contributed by atoms with E-state index < -0.39 is 0 Å². The number of carbonyl (C=O) groups is 2. The van der Waals surface area contributed by atoms with Crippen LogP contribution < -0.4 is 4.90 Å². The number of piperidine rings is 1. The van der Waals surface area contributed by atoms with Crippen molar-refractivity contribution < 1.29 is 9.59 Å². The Labute approximate surface area is 112 Å². The number of nitrogens with zero attached hydrogens (tertiary/aromatic N) is 1. The predicted molar refractivity (Wildman–Crippen MR) is 70.8 cm³/mol. The van der Waals surface area contributed by atoms with Gasteiger partial charge in [-0.3, -0.25) is 9.59 Å². The lowest BCUT2D eigenvalue weighted by Gasteiger charge is -2.26. The maximum Gasteiger partial charge on any atom is 0.234 e. The summed E-state index contributed by atoms with van der Waals surface area (Å²) < 4.78 is 1.02. The number of halogens is 2. The lowest BCUT2D eigenvalue weighted by molar-refractivity contribution is -0.128. The lowest BCUT2D eigenvalue weighted by atomic mass is 10.1. The third kappa shape index (κ3) is 2.38. The van der Waals surface area contributed by atoms with E-state index in [-0.39, 0.29) is 18.1 Å². The molecule has 1 aromatic carbocycles. The first-order valence-corrected chi connectivity index (χ1v) is 6.31. The first-order chi connectivity index (χ1) is 7.58. The van der Waals surface area contributed by atoms with E-state index in [0.29, 0.717) is 23.7 Å². The van der Waals surface area contributed by atoms with Crippen LogP contribution >= 0.6 is 34.2 Å². The van der Waals surface area contributed by atoms with E-state index in [4.69, 9.17) is 11.6 Å². The van der Waals surface area contributed by atoms with E-state index in [0.717, 1.165) is 3.57 Å². The van der Waals surface area contributed by atoms with Gasteiger partial charge in [0.25, 0.3) is 0 Å². The molecule has 1 amide bonds. The monoisotopic (exact) mass is 349 g/mol. The topological polar surface area (TPSA) is 37.4 Å². The molecule has 1 heterocycles. The Morgan fingerprint density at radius 2 is 2.06 bits per heavy atom. The number of ketones is 1. The molecule has 5 heteroatoms. The summed E-state index contributed by atoms with van der Waals surface area (Å²) in [6.07, 6.45) is 0.399. The molecule has 1 fully saturated rings. The molecule has 1 saturated heterocycles. The average molecular weight is 350 g/mol. The van der Waals surface area contributed by atoms with Crippen molar-refractivity contribution in [1.29, 1.82) is 0 Å². The summed E-state index contributed by atoms with van der Waals surface area (Å²) in [5, 5.41) is 0.551. The largest absolute Gasteiger partial charge is 0.310 e. The van der Waals surface area contributed by atoms with Crippen molar-refractivity contribution in [3.8, 4) is 0 Å². The molecule has 16 heavy (non-hydrogen) atoms. The molecule has 0 spiro atoms. The van der Waals surface area contributed by atoms with E-state index in [1.54, 1.807) is 11.0 Å². The van der Waals surface area contributed by atoms with E-state index in [1.807, 2.05) is 12.1 Å². The highest BCUT2D eigenvalue weighted by molar-refractivity contribution is 14.1. The van der Waals surface area contributed by atoms with Crippen LogP contribution in [0.3, 0.4) is 0 Å². The van der Waals surface area contributed by atoms with Crippen molar-refractivity contribution in [2.75, 3.05) is 11.4 Å². The Balaban J connectivity index is 2.30. The second-order valence-corrected chi connectivity index (χ2v) is 5.26. The number of hydrogen-bond donors (Lipinski definition) is 0. The van der Waals surface area contributed by atoms with Crippen molar-refractivity contribution in [2.24, 2.45) is 0 Å². The highest BCUT2D eigenvalue weighted by Crippen LogP contribution is 2.29. The average Bonchev–Trinajstić information content (AvgIpc) is 2.19. The lowest BCUT2D eigenvalue weighted by Crippen LogP contribution is -2.39. The summed E-state index contributed by atoms with van der Waals surface area (Å²) in [4.78, 5) is 24.4. The number of Topliss-reactive ketones (excluding diaryl/α,β-unsaturated/α-hetero) is 1. The van der Waals surface area contributed by atoms with Gasteiger partial charge in [0, 0.05) is 16.5 Å². The normalized spacial score (nSPS) is 16.8. The minimum atomic E-state index is -0.167. The fraction of sp³-hybridized carbons (Fsp3) is 0.273. The molecule has 3 nitrogen and oxygen atoms in total. The maximum atomic E-state index is 11.7. The SMILES string of the molecule is O=C1CCN(c2ccc(I)cc2Cl)C(=O)C1. The van der Waals surface area contributed by atoms with E-state index in [2.05, 4.69) is 22.6 Å². The Hall–Kier alpha value is -0.620. The van der Waals surface area contributed by atoms with Gasteiger partial charge in [-0.2, -0.15) is 0 Å². The summed E-state index contributed by atoms with van der Waals surface area (Å²) in [6.45, 7) is 0.429.